The number of carbonyl (C=O) groups excluding carboxylic acids is 3. The zero-order valence-electron chi connectivity index (χ0n) is 16.0. The summed E-state index contributed by atoms with van der Waals surface area (Å²) in [6, 6.07) is 4.25. The Bertz CT molecular complexity index is 686. The van der Waals surface area contributed by atoms with Crippen LogP contribution in [0.4, 0.5) is 0 Å². The number of ketones is 1. The van der Waals surface area contributed by atoms with E-state index in [1.54, 1.807) is 38.2 Å². The van der Waals surface area contributed by atoms with Crippen molar-refractivity contribution in [2.75, 3.05) is 13.1 Å². The Morgan fingerprint density at radius 2 is 1.96 bits per heavy atom. The summed E-state index contributed by atoms with van der Waals surface area (Å²) < 4.78 is -0.359. The van der Waals surface area contributed by atoms with Crippen LogP contribution in [0.2, 0.25) is 0 Å². The first-order valence-electron chi connectivity index (χ1n) is 9.29. The van der Waals surface area contributed by atoms with Gasteiger partial charge in [-0.1, -0.05) is 33.8 Å². The fourth-order valence-corrected chi connectivity index (χ4v) is 3.91. The highest BCUT2D eigenvalue weighted by molar-refractivity contribution is 6.35. The van der Waals surface area contributed by atoms with Crippen LogP contribution < -0.4 is 5.11 Å². The monoisotopic (exact) mass is 360 g/mol. The first-order valence-corrected chi connectivity index (χ1v) is 9.29. The fourth-order valence-electron chi connectivity index (χ4n) is 3.91. The minimum Gasteiger partial charge on any atom is -0.544 e. The number of rotatable bonds is 7. The number of carbonyl (C=O) groups is 3. The summed E-state index contributed by atoms with van der Waals surface area (Å²) in [6.45, 7) is 7.84. The molecule has 6 nitrogen and oxygen atoms in total. The average Bonchev–Trinajstić information content (AvgIpc) is 3.02. The molecular weight excluding hydrogens is 332 g/mol. The Morgan fingerprint density at radius 3 is 2.46 bits per heavy atom. The summed E-state index contributed by atoms with van der Waals surface area (Å²) in [6.07, 6.45) is 3.22. The molecule has 0 spiro atoms. The molecule has 142 valence electrons. The maximum absolute atomic E-state index is 13.3. The third-order valence-corrected chi connectivity index (χ3v) is 5.78. The smallest absolute Gasteiger partial charge is 0.382 e. The molecule has 1 amide bonds. The van der Waals surface area contributed by atoms with Crippen LogP contribution in [0.5, 0.6) is 0 Å². The van der Waals surface area contributed by atoms with Gasteiger partial charge in [-0.05, 0) is 25.0 Å². The minimum absolute atomic E-state index is 0.312. The van der Waals surface area contributed by atoms with Crippen LogP contribution in [0.15, 0.2) is 24.4 Å². The summed E-state index contributed by atoms with van der Waals surface area (Å²) in [5.41, 5.74) is -0.178. The van der Waals surface area contributed by atoms with Gasteiger partial charge in [0.1, 0.15) is 12.0 Å². The lowest BCUT2D eigenvalue weighted by atomic mass is 9.83. The molecule has 2 rings (SSSR count). The molecule has 1 saturated heterocycles. The van der Waals surface area contributed by atoms with E-state index in [0.717, 1.165) is 0 Å². The van der Waals surface area contributed by atoms with Crippen molar-refractivity contribution in [2.24, 2.45) is 5.41 Å². The number of amides is 1. The van der Waals surface area contributed by atoms with Crippen molar-refractivity contribution in [3.8, 4) is 0 Å². The topological polar surface area (TPSA) is 87.2 Å². The van der Waals surface area contributed by atoms with Crippen molar-refractivity contribution in [1.29, 1.82) is 0 Å². The SMILES string of the molecule is CCC[N+]1(C(=O)C(=O)C(C)(C)CC)CCC(c2ccccn2)[C@H]1C(=O)[O-]. The van der Waals surface area contributed by atoms with E-state index in [-0.39, 0.29) is 4.48 Å². The summed E-state index contributed by atoms with van der Waals surface area (Å²) in [5, 5.41) is 12.1. The lowest BCUT2D eigenvalue weighted by Crippen LogP contribution is -2.65. The molecule has 2 unspecified atom stereocenters. The van der Waals surface area contributed by atoms with Gasteiger partial charge in [0, 0.05) is 18.0 Å². The van der Waals surface area contributed by atoms with Crippen LogP contribution in [0.25, 0.3) is 0 Å². The van der Waals surface area contributed by atoms with E-state index in [9.17, 15) is 19.5 Å². The number of pyridine rings is 1. The summed E-state index contributed by atoms with van der Waals surface area (Å²) in [7, 11) is 0. The molecule has 1 aliphatic heterocycles. The quantitative estimate of drug-likeness (QED) is 0.542. The second-order valence-corrected chi connectivity index (χ2v) is 7.77. The van der Waals surface area contributed by atoms with Gasteiger partial charge in [-0.3, -0.25) is 9.78 Å². The Labute approximate surface area is 154 Å². The van der Waals surface area contributed by atoms with Crippen LogP contribution >= 0.6 is 0 Å². The van der Waals surface area contributed by atoms with Gasteiger partial charge in [-0.25, -0.2) is 9.28 Å². The fraction of sp³-hybridized carbons (Fsp3) is 0.600. The number of Topliss-reactive ketones (excluding diaryl/α,β-unsaturated/α-hetero) is 1. The molecule has 1 aromatic heterocycles. The standard InChI is InChI=1S/C20H28N2O4/c1-5-12-22(18(24)17(23)20(3,4)6-2)13-10-14(16(22)19(25)26)15-9-7-8-11-21-15/h7-9,11,14,16H,5-6,10,12-13H2,1-4H3/t14?,16-,22?/m0/s1. The van der Waals surface area contributed by atoms with Gasteiger partial charge >= 0.3 is 5.91 Å². The molecule has 2 heterocycles. The molecule has 6 heteroatoms. The summed E-state index contributed by atoms with van der Waals surface area (Å²) >= 11 is 0. The van der Waals surface area contributed by atoms with Crippen LogP contribution in [0, 0.1) is 5.41 Å². The van der Waals surface area contributed by atoms with E-state index in [4.69, 9.17) is 0 Å². The number of aliphatic carboxylic acids is 1. The third kappa shape index (κ3) is 3.43. The van der Waals surface area contributed by atoms with Gasteiger partial charge < -0.3 is 9.90 Å². The van der Waals surface area contributed by atoms with E-state index < -0.39 is 35.0 Å². The molecular formula is C20H28N2O4. The largest absolute Gasteiger partial charge is 0.544 e. The number of hydrogen-bond acceptors (Lipinski definition) is 5. The van der Waals surface area contributed by atoms with Crippen LogP contribution in [-0.2, 0) is 14.4 Å². The Kier molecular flexibility index (Phi) is 5.96. The lowest BCUT2D eigenvalue weighted by Gasteiger charge is -2.39. The number of aromatic nitrogens is 1. The first-order chi connectivity index (χ1) is 12.2. The van der Waals surface area contributed by atoms with Crippen LogP contribution in [0.1, 0.15) is 58.6 Å². The third-order valence-electron chi connectivity index (χ3n) is 5.78. The van der Waals surface area contributed by atoms with Gasteiger partial charge in [0.05, 0.1) is 24.7 Å². The van der Waals surface area contributed by atoms with Gasteiger partial charge in [0.25, 0.3) is 5.78 Å². The lowest BCUT2D eigenvalue weighted by molar-refractivity contribution is -0.858. The van der Waals surface area contributed by atoms with Crippen molar-refractivity contribution in [3.05, 3.63) is 30.1 Å². The molecule has 3 atom stereocenters. The molecule has 0 saturated carbocycles. The molecule has 1 aliphatic rings. The van der Waals surface area contributed by atoms with Gasteiger partial charge in [0.2, 0.25) is 0 Å². The molecule has 1 aromatic rings. The van der Waals surface area contributed by atoms with E-state index in [0.29, 0.717) is 38.0 Å². The maximum Gasteiger partial charge on any atom is 0.382 e. The molecule has 1 fully saturated rings. The molecule has 0 N–H and O–H groups in total. The van der Waals surface area contributed by atoms with Crippen LogP contribution in [-0.4, -0.2) is 46.3 Å². The zero-order valence-corrected chi connectivity index (χ0v) is 16.0. The van der Waals surface area contributed by atoms with Crippen LogP contribution in [0.3, 0.4) is 0 Å². The minimum atomic E-state index is -1.29. The predicted octanol–water partition coefficient (Wildman–Crippen LogP) is 1.45. The van der Waals surface area contributed by atoms with E-state index in [1.807, 2.05) is 13.8 Å². The van der Waals surface area contributed by atoms with Crippen molar-refractivity contribution >= 4 is 17.7 Å². The first kappa shape index (κ1) is 20.2. The average molecular weight is 360 g/mol. The normalized spacial score (nSPS) is 25.8. The second-order valence-electron chi connectivity index (χ2n) is 7.77. The zero-order chi connectivity index (χ0) is 19.5. The number of nitrogens with zero attached hydrogens (tertiary/aromatic N) is 2. The highest BCUT2D eigenvalue weighted by Crippen LogP contribution is 2.40. The van der Waals surface area contributed by atoms with Gasteiger partial charge in [0.15, 0.2) is 0 Å². The van der Waals surface area contributed by atoms with Crippen molar-refractivity contribution < 1.29 is 24.0 Å². The predicted molar refractivity (Wildman–Crippen MR) is 94.8 cm³/mol. The van der Waals surface area contributed by atoms with Gasteiger partial charge in [-0.2, -0.15) is 0 Å². The van der Waals surface area contributed by atoms with E-state index in [2.05, 4.69) is 4.98 Å². The summed E-state index contributed by atoms with van der Waals surface area (Å²) in [5.74, 6) is -2.83. The Balaban J connectivity index is 2.50. The van der Waals surface area contributed by atoms with Crippen molar-refractivity contribution in [2.45, 2.75) is 58.9 Å². The van der Waals surface area contributed by atoms with Gasteiger partial charge in [-0.15, -0.1) is 0 Å². The van der Waals surface area contributed by atoms with Crippen molar-refractivity contribution in [3.63, 3.8) is 0 Å². The molecule has 0 radical (unpaired) electrons. The molecule has 0 aromatic carbocycles. The molecule has 0 aliphatic carbocycles. The maximum atomic E-state index is 13.3. The Morgan fingerprint density at radius 1 is 1.27 bits per heavy atom. The molecule has 26 heavy (non-hydrogen) atoms. The van der Waals surface area contributed by atoms with Crippen molar-refractivity contribution in [1.82, 2.24) is 4.98 Å². The highest BCUT2D eigenvalue weighted by atomic mass is 16.4. The number of quaternary nitrogens is 1. The Hall–Kier alpha value is -2.08. The summed E-state index contributed by atoms with van der Waals surface area (Å²) in [4.78, 5) is 42.5. The number of likely N-dealkylation sites (tertiary alicyclic amines) is 1. The second kappa shape index (κ2) is 7.66. The molecule has 0 bridgehead atoms. The number of carboxylic acids is 1. The highest BCUT2D eigenvalue weighted by Gasteiger charge is 2.57. The number of hydrogen-bond donors (Lipinski definition) is 0. The van der Waals surface area contributed by atoms with E-state index in [1.165, 1.54) is 0 Å². The number of carboxylic acid groups (broad SMARTS) is 1. The van der Waals surface area contributed by atoms with E-state index >= 15 is 0 Å².